The molecule has 5 N–H and O–H groups in total. The molecule has 0 unspecified atom stereocenters. The molecule has 15 heteroatoms. The lowest BCUT2D eigenvalue weighted by Crippen LogP contribution is -2.59. The normalized spacial score (nSPS) is 21.3. The molecule has 0 spiro atoms. The highest BCUT2D eigenvalue weighted by atomic mass is 32.1. The van der Waals surface area contributed by atoms with Gasteiger partial charge in [-0.05, 0) is 37.3 Å². The molecule has 0 saturated carbocycles. The minimum atomic E-state index is -1.07. The summed E-state index contributed by atoms with van der Waals surface area (Å²) in [6.07, 6.45) is 0.611. The highest BCUT2D eigenvalue weighted by molar-refractivity contribution is 7.20. The number of benzene rings is 2. The Morgan fingerprint density at radius 3 is 2.28 bits per heavy atom. The maximum absolute atomic E-state index is 13.8. The number of carbonyl (C=O) groups excluding carboxylic acids is 6. The number of rotatable bonds is 6. The van der Waals surface area contributed by atoms with Gasteiger partial charge in [-0.2, -0.15) is 5.10 Å². The molecule has 4 atom stereocenters. The fourth-order valence-electron chi connectivity index (χ4n) is 6.11. The number of amides is 6. The summed E-state index contributed by atoms with van der Waals surface area (Å²) in [5.74, 6) is -3.55. The maximum Gasteiger partial charge on any atom is 0.262 e. The van der Waals surface area contributed by atoms with Crippen molar-refractivity contribution in [1.82, 2.24) is 41.3 Å². The number of hydrogen-bond donors (Lipinski definition) is 5. The first kappa shape index (κ1) is 38.7. The van der Waals surface area contributed by atoms with Gasteiger partial charge in [0.25, 0.3) is 5.91 Å². The first-order chi connectivity index (χ1) is 25.3. The van der Waals surface area contributed by atoms with Crippen LogP contribution in [0.4, 0.5) is 0 Å². The van der Waals surface area contributed by atoms with Crippen molar-refractivity contribution in [3.63, 3.8) is 0 Å². The van der Waals surface area contributed by atoms with Crippen LogP contribution in [0.5, 0.6) is 0 Å². The number of nitrogens with zero attached hydrogens (tertiary/aromatic N) is 3. The van der Waals surface area contributed by atoms with E-state index in [9.17, 15) is 28.8 Å². The molecule has 14 nitrogen and oxygen atoms in total. The average Bonchev–Trinajstić information content (AvgIpc) is 3.71. The SMILES string of the molecule is CC(C)[C@H]1NC(=O)[C@@H](NC(=O)c2cc3c(-c4ccccc4)nn(C)c3s2)CCCNC(=O)CN(C)C(=O)[C@H](Cc2ccccc2)NC(=O)[C@@H](C)NC1=O. The largest absolute Gasteiger partial charge is 0.355 e. The lowest BCUT2D eigenvalue weighted by molar-refractivity contribution is -0.139. The second-order valence-electron chi connectivity index (χ2n) is 13.6. The molecule has 1 aliphatic rings. The third kappa shape index (κ3) is 9.66. The van der Waals surface area contributed by atoms with Crippen LogP contribution in [0, 0.1) is 5.92 Å². The molecular formula is C38H46N8O6S. The lowest BCUT2D eigenvalue weighted by atomic mass is 10.0. The average molecular weight is 743 g/mol. The van der Waals surface area contributed by atoms with Gasteiger partial charge in [-0.15, -0.1) is 11.3 Å². The number of thiophene rings is 1. The lowest BCUT2D eigenvalue weighted by Gasteiger charge is -2.28. The summed E-state index contributed by atoms with van der Waals surface area (Å²) in [6.45, 7) is 4.88. The van der Waals surface area contributed by atoms with Crippen molar-refractivity contribution in [3.05, 3.63) is 77.2 Å². The summed E-state index contributed by atoms with van der Waals surface area (Å²) in [6, 6.07) is 16.3. The van der Waals surface area contributed by atoms with Crippen molar-refractivity contribution >= 4 is 57.0 Å². The van der Waals surface area contributed by atoms with Gasteiger partial charge in [0, 0.05) is 38.0 Å². The van der Waals surface area contributed by atoms with Gasteiger partial charge < -0.3 is 31.5 Å². The molecule has 0 bridgehead atoms. The van der Waals surface area contributed by atoms with Crippen molar-refractivity contribution in [2.45, 2.75) is 64.2 Å². The van der Waals surface area contributed by atoms with Gasteiger partial charge in [0.05, 0.1) is 11.4 Å². The van der Waals surface area contributed by atoms with Crippen LogP contribution in [0.2, 0.25) is 0 Å². The first-order valence-corrected chi connectivity index (χ1v) is 18.4. The molecule has 1 fully saturated rings. The van der Waals surface area contributed by atoms with Crippen LogP contribution in [0.1, 0.15) is 48.8 Å². The minimum absolute atomic E-state index is 0.138. The van der Waals surface area contributed by atoms with Crippen molar-refractivity contribution in [2.75, 3.05) is 20.1 Å². The van der Waals surface area contributed by atoms with Gasteiger partial charge in [0.15, 0.2) is 0 Å². The Kier molecular flexibility index (Phi) is 12.6. The second kappa shape index (κ2) is 17.3. The van der Waals surface area contributed by atoms with Crippen LogP contribution >= 0.6 is 11.3 Å². The predicted molar refractivity (Wildman–Crippen MR) is 202 cm³/mol. The van der Waals surface area contributed by atoms with E-state index in [-0.39, 0.29) is 31.8 Å². The Bertz CT molecular complexity index is 1960. The van der Waals surface area contributed by atoms with Gasteiger partial charge in [-0.1, -0.05) is 74.5 Å². The number of likely N-dealkylation sites (N-methyl/N-ethyl adjacent to an activating group) is 1. The van der Waals surface area contributed by atoms with E-state index in [0.29, 0.717) is 11.3 Å². The zero-order valence-corrected chi connectivity index (χ0v) is 31.3. The van der Waals surface area contributed by atoms with Gasteiger partial charge in [0.2, 0.25) is 29.5 Å². The zero-order chi connectivity index (χ0) is 38.2. The quantitative estimate of drug-likeness (QED) is 0.201. The Morgan fingerprint density at radius 1 is 0.925 bits per heavy atom. The fourth-order valence-corrected chi connectivity index (χ4v) is 7.09. The van der Waals surface area contributed by atoms with Crippen LogP contribution in [-0.2, 0) is 37.4 Å². The maximum atomic E-state index is 13.8. The summed E-state index contributed by atoms with van der Waals surface area (Å²) in [5.41, 5.74) is 2.43. The Hall–Kier alpha value is -5.57. The number of fused-ring (bicyclic) bond motifs is 1. The van der Waals surface area contributed by atoms with Gasteiger partial charge in [-0.3, -0.25) is 33.4 Å². The van der Waals surface area contributed by atoms with Gasteiger partial charge >= 0.3 is 0 Å². The summed E-state index contributed by atoms with van der Waals surface area (Å²) in [4.78, 5) is 83.3. The molecule has 5 rings (SSSR count). The molecule has 280 valence electrons. The number of aromatic nitrogens is 2. The summed E-state index contributed by atoms with van der Waals surface area (Å²) in [7, 11) is 3.28. The molecule has 0 radical (unpaired) electrons. The highest BCUT2D eigenvalue weighted by Gasteiger charge is 2.33. The van der Waals surface area contributed by atoms with E-state index in [2.05, 4.69) is 31.7 Å². The van der Waals surface area contributed by atoms with Crippen LogP contribution in [-0.4, -0.2) is 94.4 Å². The molecule has 53 heavy (non-hydrogen) atoms. The summed E-state index contributed by atoms with van der Waals surface area (Å²) in [5, 5.41) is 19.2. The van der Waals surface area contributed by atoms with E-state index in [4.69, 9.17) is 0 Å². The second-order valence-corrected chi connectivity index (χ2v) is 14.6. The third-order valence-corrected chi connectivity index (χ3v) is 10.2. The topological polar surface area (TPSA) is 184 Å². The molecule has 2 aromatic carbocycles. The molecule has 0 aliphatic carbocycles. The Morgan fingerprint density at radius 2 is 1.60 bits per heavy atom. The van der Waals surface area contributed by atoms with E-state index in [1.54, 1.807) is 31.6 Å². The predicted octanol–water partition coefficient (Wildman–Crippen LogP) is 2.14. The molecule has 6 amide bonds. The van der Waals surface area contributed by atoms with E-state index >= 15 is 0 Å². The van der Waals surface area contributed by atoms with Crippen LogP contribution in [0.3, 0.4) is 0 Å². The molecule has 3 heterocycles. The Labute approximate surface area is 312 Å². The van der Waals surface area contributed by atoms with Crippen molar-refractivity contribution in [2.24, 2.45) is 13.0 Å². The molecule has 1 saturated heterocycles. The number of carbonyl (C=O) groups is 6. The fraction of sp³-hybridized carbons (Fsp3) is 0.395. The molecule has 2 aromatic heterocycles. The molecule has 1 aliphatic heterocycles. The Balaban J connectivity index is 1.36. The van der Waals surface area contributed by atoms with Gasteiger partial charge in [-0.25, -0.2) is 0 Å². The van der Waals surface area contributed by atoms with Crippen LogP contribution < -0.4 is 26.6 Å². The van der Waals surface area contributed by atoms with E-state index in [1.807, 2.05) is 60.7 Å². The van der Waals surface area contributed by atoms with E-state index in [0.717, 1.165) is 27.0 Å². The van der Waals surface area contributed by atoms with E-state index in [1.165, 1.54) is 30.2 Å². The first-order valence-electron chi connectivity index (χ1n) is 17.6. The third-order valence-electron chi connectivity index (χ3n) is 9.05. The highest BCUT2D eigenvalue weighted by Crippen LogP contribution is 2.33. The number of hydrogen-bond acceptors (Lipinski definition) is 8. The van der Waals surface area contributed by atoms with Crippen LogP contribution in [0.25, 0.3) is 21.5 Å². The van der Waals surface area contributed by atoms with Crippen LogP contribution in [0.15, 0.2) is 66.7 Å². The monoisotopic (exact) mass is 742 g/mol. The smallest absolute Gasteiger partial charge is 0.262 e. The standard InChI is InChI=1S/C38H46N8O6S/c1-22(2)31-36(51)40-23(3)33(48)42-28(19-24-13-8-6-9-14-24)37(52)45(4)21-30(47)39-18-12-17-27(34(49)43-31)41-35(50)29-20-26-32(25-15-10-7-11-16-25)44-46(5)38(26)53-29/h6-11,13-16,20,22-23,27-28,31H,12,17-19,21H2,1-5H3,(H,39,47)(H,40,51)(H,41,50)(H,42,48)(H,43,49)/t23-,27+,28+,31-/m1/s1. The zero-order valence-electron chi connectivity index (χ0n) is 30.5. The van der Waals surface area contributed by atoms with Crippen molar-refractivity contribution in [3.8, 4) is 11.3 Å². The van der Waals surface area contributed by atoms with Gasteiger partial charge in [0.1, 0.15) is 34.7 Å². The minimum Gasteiger partial charge on any atom is -0.355 e. The molecule has 4 aromatic rings. The van der Waals surface area contributed by atoms with Crippen molar-refractivity contribution < 1.29 is 28.8 Å². The van der Waals surface area contributed by atoms with Crippen molar-refractivity contribution in [1.29, 1.82) is 0 Å². The van der Waals surface area contributed by atoms with E-state index < -0.39 is 59.6 Å². The number of nitrogens with one attached hydrogen (secondary N) is 5. The summed E-state index contributed by atoms with van der Waals surface area (Å²) >= 11 is 1.25. The summed E-state index contributed by atoms with van der Waals surface area (Å²) < 4.78 is 1.71. The molecular weight excluding hydrogens is 697 g/mol. The number of aryl methyl sites for hydroxylation is 1.